The molecule has 26 heavy (non-hydrogen) atoms. The van der Waals surface area contributed by atoms with E-state index in [9.17, 15) is 14.7 Å². The lowest BCUT2D eigenvalue weighted by atomic mass is 9.88. The molecule has 0 spiro atoms. The number of Topliss-reactive ketones (excluding diaryl/α,β-unsaturated/α-hetero) is 1. The van der Waals surface area contributed by atoms with E-state index in [0.29, 0.717) is 12.1 Å². The topological polar surface area (TPSA) is 57.6 Å². The van der Waals surface area contributed by atoms with Gasteiger partial charge >= 0.3 is 0 Å². The SMILES string of the molecule is CCCCCCCCCN1C(=O)C(O)(CC(C)=O)c2cc(C)cc(C)c21. The highest BCUT2D eigenvalue weighted by Gasteiger charge is 2.50. The number of benzene rings is 1. The number of hydrogen-bond donors (Lipinski definition) is 1. The van der Waals surface area contributed by atoms with Gasteiger partial charge in [0.2, 0.25) is 0 Å². The number of carbonyl (C=O) groups excluding carboxylic acids is 2. The lowest BCUT2D eigenvalue weighted by Gasteiger charge is -2.22. The van der Waals surface area contributed by atoms with Gasteiger partial charge in [0, 0.05) is 18.5 Å². The van der Waals surface area contributed by atoms with Crippen LogP contribution >= 0.6 is 0 Å². The molecular weight excluding hydrogens is 326 g/mol. The first-order valence-electron chi connectivity index (χ1n) is 9.96. The predicted octanol–water partition coefficient (Wildman–Crippen LogP) is 4.57. The summed E-state index contributed by atoms with van der Waals surface area (Å²) in [5.74, 6) is -0.522. The summed E-state index contributed by atoms with van der Waals surface area (Å²) >= 11 is 0. The normalized spacial score (nSPS) is 19.1. The molecule has 1 amide bonds. The number of amides is 1. The molecule has 1 aromatic rings. The molecule has 0 fully saturated rings. The number of hydrogen-bond acceptors (Lipinski definition) is 3. The molecule has 1 unspecified atom stereocenters. The summed E-state index contributed by atoms with van der Waals surface area (Å²) in [6.45, 7) is 8.15. The monoisotopic (exact) mass is 359 g/mol. The fourth-order valence-corrected chi connectivity index (χ4v) is 4.05. The maximum Gasteiger partial charge on any atom is 0.264 e. The van der Waals surface area contributed by atoms with Crippen LogP contribution < -0.4 is 4.90 Å². The summed E-state index contributed by atoms with van der Waals surface area (Å²) in [7, 11) is 0. The van der Waals surface area contributed by atoms with E-state index >= 15 is 0 Å². The van der Waals surface area contributed by atoms with Crippen molar-refractivity contribution in [3.05, 3.63) is 28.8 Å². The van der Waals surface area contributed by atoms with Crippen LogP contribution in [0.3, 0.4) is 0 Å². The minimum atomic E-state index is -1.71. The van der Waals surface area contributed by atoms with Gasteiger partial charge in [0.1, 0.15) is 5.78 Å². The average Bonchev–Trinajstić information content (AvgIpc) is 2.75. The molecule has 0 aliphatic carbocycles. The largest absolute Gasteiger partial charge is 0.375 e. The van der Waals surface area contributed by atoms with Crippen molar-refractivity contribution >= 4 is 17.4 Å². The molecule has 1 aliphatic heterocycles. The van der Waals surface area contributed by atoms with Crippen LogP contribution in [0.4, 0.5) is 5.69 Å². The quantitative estimate of drug-likeness (QED) is 0.623. The fraction of sp³-hybridized carbons (Fsp3) is 0.636. The van der Waals surface area contributed by atoms with Gasteiger partial charge in [-0.15, -0.1) is 0 Å². The Hall–Kier alpha value is -1.68. The van der Waals surface area contributed by atoms with Crippen LogP contribution in [0, 0.1) is 13.8 Å². The summed E-state index contributed by atoms with van der Waals surface area (Å²) < 4.78 is 0. The number of aliphatic hydroxyl groups is 1. The Morgan fingerprint density at radius 3 is 2.31 bits per heavy atom. The second-order valence-corrected chi connectivity index (χ2v) is 7.80. The number of carbonyl (C=O) groups is 2. The molecule has 0 bridgehead atoms. The Morgan fingerprint density at radius 1 is 1.08 bits per heavy atom. The van der Waals surface area contributed by atoms with E-state index in [1.165, 1.54) is 39.0 Å². The zero-order chi connectivity index (χ0) is 19.3. The second kappa shape index (κ2) is 8.81. The van der Waals surface area contributed by atoms with Crippen molar-refractivity contribution in [1.82, 2.24) is 0 Å². The Morgan fingerprint density at radius 2 is 1.69 bits per heavy atom. The van der Waals surface area contributed by atoms with Crippen LogP contribution in [0.25, 0.3) is 0 Å². The van der Waals surface area contributed by atoms with Gasteiger partial charge in [-0.2, -0.15) is 0 Å². The molecule has 1 N–H and O–H groups in total. The molecule has 0 saturated heterocycles. The van der Waals surface area contributed by atoms with E-state index in [2.05, 4.69) is 6.92 Å². The van der Waals surface area contributed by atoms with Crippen molar-refractivity contribution in [3.8, 4) is 0 Å². The van der Waals surface area contributed by atoms with Crippen molar-refractivity contribution in [1.29, 1.82) is 0 Å². The molecule has 144 valence electrons. The van der Waals surface area contributed by atoms with Crippen molar-refractivity contribution in [3.63, 3.8) is 0 Å². The van der Waals surface area contributed by atoms with Gasteiger partial charge in [0.05, 0.1) is 5.69 Å². The minimum absolute atomic E-state index is 0.157. The van der Waals surface area contributed by atoms with E-state index < -0.39 is 5.60 Å². The summed E-state index contributed by atoms with van der Waals surface area (Å²) in [6, 6.07) is 3.89. The molecule has 1 aromatic carbocycles. The number of nitrogens with zero attached hydrogens (tertiary/aromatic N) is 1. The van der Waals surface area contributed by atoms with E-state index in [1.807, 2.05) is 26.0 Å². The van der Waals surface area contributed by atoms with E-state index in [1.54, 1.807) is 4.90 Å². The highest BCUT2D eigenvalue weighted by Crippen LogP contribution is 2.45. The lowest BCUT2D eigenvalue weighted by molar-refractivity contribution is -0.141. The highest BCUT2D eigenvalue weighted by atomic mass is 16.3. The summed E-state index contributed by atoms with van der Waals surface area (Å²) in [5.41, 5.74) is 1.66. The molecule has 0 radical (unpaired) electrons. The number of unbranched alkanes of at least 4 members (excludes halogenated alkanes) is 6. The molecule has 1 aliphatic rings. The standard InChI is InChI=1S/C22H33NO3/c1-5-6-7-8-9-10-11-12-23-20-17(3)13-16(2)14-19(20)22(26,21(23)25)15-18(4)24/h13-14,26H,5-12,15H2,1-4H3. The van der Waals surface area contributed by atoms with E-state index in [0.717, 1.165) is 29.7 Å². The number of rotatable bonds is 10. The van der Waals surface area contributed by atoms with Crippen LogP contribution in [-0.4, -0.2) is 23.3 Å². The van der Waals surface area contributed by atoms with Gasteiger partial charge in [0.25, 0.3) is 5.91 Å². The van der Waals surface area contributed by atoms with E-state index in [4.69, 9.17) is 0 Å². The first-order chi connectivity index (χ1) is 12.3. The molecule has 2 rings (SSSR count). The first-order valence-corrected chi connectivity index (χ1v) is 9.96. The summed E-state index contributed by atoms with van der Waals surface area (Å²) in [6.07, 6.45) is 8.07. The maximum atomic E-state index is 13.0. The van der Waals surface area contributed by atoms with Crippen molar-refractivity contribution < 1.29 is 14.7 Å². The maximum absolute atomic E-state index is 13.0. The Balaban J connectivity index is 2.13. The molecule has 0 saturated carbocycles. The number of anilines is 1. The lowest BCUT2D eigenvalue weighted by Crippen LogP contribution is -2.42. The van der Waals surface area contributed by atoms with E-state index in [-0.39, 0.29) is 18.1 Å². The molecule has 0 aromatic heterocycles. The Bertz CT molecular complexity index is 668. The van der Waals surface area contributed by atoms with Crippen molar-refractivity contribution in [2.24, 2.45) is 0 Å². The van der Waals surface area contributed by atoms with Gasteiger partial charge < -0.3 is 10.0 Å². The Kier molecular flexibility index (Phi) is 6.99. The molecule has 4 heteroatoms. The molecule has 1 heterocycles. The van der Waals surface area contributed by atoms with Gasteiger partial charge in [0.15, 0.2) is 5.60 Å². The van der Waals surface area contributed by atoms with Crippen LogP contribution in [-0.2, 0) is 15.2 Å². The smallest absolute Gasteiger partial charge is 0.264 e. The van der Waals surface area contributed by atoms with Crippen LogP contribution in [0.1, 0.15) is 81.9 Å². The fourth-order valence-electron chi connectivity index (χ4n) is 4.05. The van der Waals surface area contributed by atoms with Crippen LogP contribution in [0.2, 0.25) is 0 Å². The summed E-state index contributed by atoms with van der Waals surface area (Å²) in [5, 5.41) is 11.1. The Labute approximate surface area is 157 Å². The highest BCUT2D eigenvalue weighted by molar-refractivity contribution is 6.09. The van der Waals surface area contributed by atoms with Crippen LogP contribution in [0.5, 0.6) is 0 Å². The third-order valence-electron chi connectivity index (χ3n) is 5.25. The second-order valence-electron chi connectivity index (χ2n) is 7.80. The summed E-state index contributed by atoms with van der Waals surface area (Å²) in [4.78, 5) is 26.4. The zero-order valence-electron chi connectivity index (χ0n) is 16.7. The molecular formula is C22H33NO3. The van der Waals surface area contributed by atoms with Crippen molar-refractivity contribution in [2.75, 3.05) is 11.4 Å². The average molecular weight is 360 g/mol. The molecule has 4 nitrogen and oxygen atoms in total. The van der Waals surface area contributed by atoms with Gasteiger partial charge in [-0.1, -0.05) is 63.1 Å². The molecule has 1 atom stereocenters. The number of ketones is 1. The number of aryl methyl sites for hydroxylation is 2. The van der Waals surface area contributed by atoms with Gasteiger partial charge in [-0.05, 0) is 32.8 Å². The van der Waals surface area contributed by atoms with Crippen LogP contribution in [0.15, 0.2) is 12.1 Å². The third-order valence-corrected chi connectivity index (χ3v) is 5.25. The number of fused-ring (bicyclic) bond motifs is 1. The van der Waals surface area contributed by atoms with Gasteiger partial charge in [-0.25, -0.2) is 0 Å². The predicted molar refractivity (Wildman–Crippen MR) is 105 cm³/mol. The van der Waals surface area contributed by atoms with Gasteiger partial charge in [-0.3, -0.25) is 9.59 Å². The first kappa shape index (κ1) is 20.6. The minimum Gasteiger partial charge on any atom is -0.375 e. The third kappa shape index (κ3) is 4.35. The van der Waals surface area contributed by atoms with Crippen molar-refractivity contribution in [2.45, 2.75) is 84.7 Å². The zero-order valence-corrected chi connectivity index (χ0v) is 16.7.